The molecule has 0 aromatic rings. The van der Waals surface area contributed by atoms with E-state index in [4.69, 9.17) is 10.5 Å². The van der Waals surface area contributed by atoms with Gasteiger partial charge in [0.05, 0.1) is 6.10 Å². The van der Waals surface area contributed by atoms with Gasteiger partial charge in [-0.25, -0.2) is 0 Å². The molecule has 2 atom stereocenters. The number of hydrogen-bond donors (Lipinski definition) is 1. The van der Waals surface area contributed by atoms with Gasteiger partial charge in [0.2, 0.25) is 0 Å². The molecule has 2 unspecified atom stereocenters. The number of ether oxygens (including phenoxy) is 1. The van der Waals surface area contributed by atoms with Crippen LogP contribution in [0.3, 0.4) is 0 Å². The highest BCUT2D eigenvalue weighted by molar-refractivity contribution is 7.99. The molecule has 0 radical (unpaired) electrons. The van der Waals surface area contributed by atoms with Crippen molar-refractivity contribution in [2.75, 3.05) is 18.9 Å². The van der Waals surface area contributed by atoms with Gasteiger partial charge in [-0.2, -0.15) is 11.8 Å². The largest absolute Gasteiger partial charge is 0.377 e. The molecule has 0 aliphatic carbocycles. The van der Waals surface area contributed by atoms with Gasteiger partial charge >= 0.3 is 0 Å². The van der Waals surface area contributed by atoms with Crippen molar-refractivity contribution < 1.29 is 4.74 Å². The van der Waals surface area contributed by atoms with E-state index >= 15 is 0 Å². The molecule has 2 N–H and O–H groups in total. The summed E-state index contributed by atoms with van der Waals surface area (Å²) in [5.41, 5.74) is 5.57. The maximum Gasteiger partial charge on any atom is 0.0705 e. The first-order valence-corrected chi connectivity index (χ1v) is 6.22. The molecule has 0 rings (SSSR count). The Labute approximate surface area is 86.6 Å². The van der Waals surface area contributed by atoms with E-state index in [1.165, 1.54) is 6.42 Å². The second-order valence-electron chi connectivity index (χ2n) is 3.19. The molecule has 80 valence electrons. The molecule has 0 fully saturated rings. The summed E-state index contributed by atoms with van der Waals surface area (Å²) in [7, 11) is 0. The maximum atomic E-state index is 5.57. The molecule has 0 saturated carbocycles. The van der Waals surface area contributed by atoms with Gasteiger partial charge in [0.25, 0.3) is 0 Å². The second-order valence-corrected chi connectivity index (χ2v) is 4.74. The highest BCUT2D eigenvalue weighted by Crippen LogP contribution is 2.15. The van der Waals surface area contributed by atoms with Crippen LogP contribution in [0.5, 0.6) is 0 Å². The Kier molecular flexibility index (Phi) is 9.03. The van der Waals surface area contributed by atoms with Crippen LogP contribution in [-0.2, 0) is 4.74 Å². The molecule has 3 heteroatoms. The number of thioether (sulfide) groups is 1. The summed E-state index contributed by atoms with van der Waals surface area (Å²) >= 11 is 2.01. The van der Waals surface area contributed by atoms with Crippen LogP contribution >= 0.6 is 11.8 Å². The van der Waals surface area contributed by atoms with E-state index in [1.54, 1.807) is 0 Å². The van der Waals surface area contributed by atoms with Gasteiger partial charge in [0.1, 0.15) is 0 Å². The lowest BCUT2D eigenvalue weighted by Gasteiger charge is -2.15. The monoisotopic (exact) mass is 205 g/mol. The number of nitrogens with two attached hydrogens (primary N) is 1. The fourth-order valence-electron chi connectivity index (χ4n) is 1.02. The van der Waals surface area contributed by atoms with Gasteiger partial charge in [-0.1, -0.05) is 13.8 Å². The highest BCUT2D eigenvalue weighted by atomic mass is 32.2. The van der Waals surface area contributed by atoms with Crippen molar-refractivity contribution >= 4 is 11.8 Å². The molecule has 13 heavy (non-hydrogen) atoms. The van der Waals surface area contributed by atoms with Crippen molar-refractivity contribution in [2.45, 2.75) is 45.0 Å². The fraction of sp³-hybridized carbons (Fsp3) is 1.00. The molecule has 0 heterocycles. The van der Waals surface area contributed by atoms with Gasteiger partial charge in [-0.15, -0.1) is 0 Å². The van der Waals surface area contributed by atoms with Crippen LogP contribution < -0.4 is 5.73 Å². The van der Waals surface area contributed by atoms with Gasteiger partial charge < -0.3 is 10.5 Å². The molecule has 0 aliphatic rings. The highest BCUT2D eigenvalue weighted by Gasteiger charge is 2.06. The summed E-state index contributed by atoms with van der Waals surface area (Å²) in [5, 5.41) is 0.764. The summed E-state index contributed by atoms with van der Waals surface area (Å²) in [6.45, 7) is 7.93. The smallest absolute Gasteiger partial charge is 0.0705 e. The van der Waals surface area contributed by atoms with Crippen molar-refractivity contribution in [3.05, 3.63) is 0 Å². The van der Waals surface area contributed by atoms with E-state index < -0.39 is 0 Å². The Balaban J connectivity index is 3.37. The Morgan fingerprint density at radius 2 is 2.08 bits per heavy atom. The summed E-state index contributed by atoms with van der Waals surface area (Å²) < 4.78 is 5.47. The lowest BCUT2D eigenvalue weighted by Crippen LogP contribution is -2.24. The zero-order valence-electron chi connectivity index (χ0n) is 9.08. The first-order chi connectivity index (χ1) is 6.24. The Bertz CT molecular complexity index is 111. The molecule has 0 aromatic heterocycles. The van der Waals surface area contributed by atoms with Crippen LogP contribution in [0.1, 0.15) is 33.6 Å². The molecule has 0 spiro atoms. The predicted molar refractivity (Wildman–Crippen MR) is 61.3 cm³/mol. The minimum absolute atomic E-state index is 0.265. The minimum atomic E-state index is 0.265. The molecule has 0 bridgehead atoms. The minimum Gasteiger partial charge on any atom is -0.377 e. The Morgan fingerprint density at radius 3 is 2.54 bits per heavy atom. The van der Waals surface area contributed by atoms with Crippen LogP contribution in [-0.4, -0.2) is 30.3 Å². The molecule has 2 nitrogen and oxygen atoms in total. The normalized spacial score (nSPS) is 15.7. The van der Waals surface area contributed by atoms with Crippen molar-refractivity contribution in [3.63, 3.8) is 0 Å². The third-order valence-corrected chi connectivity index (χ3v) is 3.46. The average molecular weight is 205 g/mol. The molecular formula is C10H23NOS. The maximum absolute atomic E-state index is 5.57. The van der Waals surface area contributed by atoms with Crippen LogP contribution in [0.25, 0.3) is 0 Å². The predicted octanol–water partition coefficient (Wildman–Crippen LogP) is 2.27. The van der Waals surface area contributed by atoms with E-state index in [9.17, 15) is 0 Å². The summed E-state index contributed by atoms with van der Waals surface area (Å²) in [6.07, 6.45) is 2.59. The zero-order chi connectivity index (χ0) is 10.1. The third kappa shape index (κ3) is 7.35. The lowest BCUT2D eigenvalue weighted by atomic mass is 10.3. The first-order valence-electron chi connectivity index (χ1n) is 5.17. The SMILES string of the molecule is CCOC(CN)CCSC(C)CC. The van der Waals surface area contributed by atoms with Crippen molar-refractivity contribution in [3.8, 4) is 0 Å². The molecule has 0 amide bonds. The van der Waals surface area contributed by atoms with Crippen LogP contribution in [0.15, 0.2) is 0 Å². The van der Waals surface area contributed by atoms with E-state index in [-0.39, 0.29) is 6.10 Å². The van der Waals surface area contributed by atoms with Crippen molar-refractivity contribution in [1.29, 1.82) is 0 Å². The van der Waals surface area contributed by atoms with Crippen molar-refractivity contribution in [2.24, 2.45) is 5.73 Å². The van der Waals surface area contributed by atoms with E-state index in [2.05, 4.69) is 13.8 Å². The molecule has 0 aromatic carbocycles. The summed E-state index contributed by atoms with van der Waals surface area (Å²) in [5.74, 6) is 1.16. The van der Waals surface area contributed by atoms with Crippen LogP contribution in [0.2, 0.25) is 0 Å². The first kappa shape index (κ1) is 13.3. The second kappa shape index (κ2) is 8.85. The summed E-state index contributed by atoms with van der Waals surface area (Å²) in [4.78, 5) is 0. The van der Waals surface area contributed by atoms with Gasteiger partial charge in [0.15, 0.2) is 0 Å². The zero-order valence-corrected chi connectivity index (χ0v) is 9.90. The molecular weight excluding hydrogens is 182 g/mol. The summed E-state index contributed by atoms with van der Waals surface area (Å²) in [6, 6.07) is 0. The third-order valence-electron chi connectivity index (χ3n) is 2.08. The fourth-order valence-corrected chi connectivity index (χ4v) is 2.06. The van der Waals surface area contributed by atoms with Crippen molar-refractivity contribution in [1.82, 2.24) is 0 Å². The Morgan fingerprint density at radius 1 is 1.38 bits per heavy atom. The van der Waals surface area contributed by atoms with Gasteiger partial charge in [-0.05, 0) is 25.5 Å². The molecule has 0 saturated heterocycles. The lowest BCUT2D eigenvalue weighted by molar-refractivity contribution is 0.0674. The average Bonchev–Trinajstić information content (AvgIpc) is 2.16. The molecule has 0 aliphatic heterocycles. The number of rotatable bonds is 8. The van der Waals surface area contributed by atoms with Gasteiger partial charge in [-0.3, -0.25) is 0 Å². The number of hydrogen-bond acceptors (Lipinski definition) is 3. The van der Waals surface area contributed by atoms with Crippen LogP contribution in [0, 0.1) is 0 Å². The van der Waals surface area contributed by atoms with E-state index in [1.807, 2.05) is 18.7 Å². The quantitative estimate of drug-likeness (QED) is 0.660. The van der Waals surface area contributed by atoms with Gasteiger partial charge in [0, 0.05) is 18.4 Å². The Hall–Kier alpha value is 0.270. The van der Waals surface area contributed by atoms with Crippen LogP contribution in [0.4, 0.5) is 0 Å². The topological polar surface area (TPSA) is 35.2 Å². The van der Waals surface area contributed by atoms with E-state index in [0.717, 1.165) is 24.0 Å². The van der Waals surface area contributed by atoms with E-state index in [0.29, 0.717) is 6.54 Å². The standard InChI is InChI=1S/C10H23NOS/c1-4-9(3)13-7-6-10(8-11)12-5-2/h9-10H,4-8,11H2,1-3H3.